The molecule has 2 rings (SSSR count). The minimum atomic E-state index is 0.601. The maximum atomic E-state index is 5.29. The van der Waals surface area contributed by atoms with Gasteiger partial charge in [0.05, 0.1) is 13.3 Å². The molecule has 18 heavy (non-hydrogen) atoms. The van der Waals surface area contributed by atoms with Crippen molar-refractivity contribution in [3.8, 4) is 5.75 Å². The van der Waals surface area contributed by atoms with Crippen molar-refractivity contribution in [2.24, 2.45) is 7.05 Å². The van der Waals surface area contributed by atoms with Crippen molar-refractivity contribution in [3.63, 3.8) is 0 Å². The molecule has 7 heteroatoms. The first-order valence-electron chi connectivity index (χ1n) is 5.52. The second kappa shape index (κ2) is 5.35. The number of methoxy groups -OCH3 is 1. The number of aromatic nitrogens is 4. The topological polar surface area (TPSA) is 76.9 Å². The van der Waals surface area contributed by atoms with Crippen molar-refractivity contribution in [1.82, 2.24) is 19.7 Å². The first-order valence-corrected chi connectivity index (χ1v) is 5.52. The van der Waals surface area contributed by atoms with Crippen molar-refractivity contribution in [2.45, 2.75) is 6.54 Å². The number of hydrogen-bond acceptors (Lipinski definition) is 6. The SMILES string of the molecule is CNc1ncnc(NCc2cnn(C)c2)c1OC. The number of hydrogen-bond donors (Lipinski definition) is 2. The van der Waals surface area contributed by atoms with Gasteiger partial charge in [-0.05, 0) is 0 Å². The fourth-order valence-electron chi connectivity index (χ4n) is 1.62. The summed E-state index contributed by atoms with van der Waals surface area (Å²) < 4.78 is 7.05. The van der Waals surface area contributed by atoms with E-state index in [0.717, 1.165) is 5.56 Å². The maximum absolute atomic E-state index is 5.29. The van der Waals surface area contributed by atoms with Gasteiger partial charge in [-0.3, -0.25) is 4.68 Å². The highest BCUT2D eigenvalue weighted by atomic mass is 16.5. The van der Waals surface area contributed by atoms with Crippen LogP contribution in [0.5, 0.6) is 5.75 Å². The Morgan fingerprint density at radius 2 is 2.11 bits per heavy atom. The minimum Gasteiger partial charge on any atom is -0.490 e. The van der Waals surface area contributed by atoms with Crippen LogP contribution < -0.4 is 15.4 Å². The zero-order valence-corrected chi connectivity index (χ0v) is 10.6. The average molecular weight is 248 g/mol. The second-order valence-corrected chi connectivity index (χ2v) is 3.73. The molecule has 0 radical (unpaired) electrons. The Labute approximate surface area is 105 Å². The summed E-state index contributed by atoms with van der Waals surface area (Å²) in [6, 6.07) is 0. The van der Waals surface area contributed by atoms with Gasteiger partial charge in [0.1, 0.15) is 6.33 Å². The van der Waals surface area contributed by atoms with E-state index in [4.69, 9.17) is 4.74 Å². The summed E-state index contributed by atoms with van der Waals surface area (Å²) in [6.45, 7) is 0.629. The van der Waals surface area contributed by atoms with E-state index < -0.39 is 0 Å². The van der Waals surface area contributed by atoms with Crippen LogP contribution in [0.2, 0.25) is 0 Å². The average Bonchev–Trinajstić information content (AvgIpc) is 2.81. The molecule has 2 aromatic heterocycles. The monoisotopic (exact) mass is 248 g/mol. The van der Waals surface area contributed by atoms with Gasteiger partial charge in [0, 0.05) is 32.4 Å². The Balaban J connectivity index is 2.13. The molecular weight excluding hydrogens is 232 g/mol. The van der Waals surface area contributed by atoms with Gasteiger partial charge >= 0.3 is 0 Å². The van der Waals surface area contributed by atoms with Crippen LogP contribution in [-0.4, -0.2) is 33.9 Å². The predicted molar refractivity (Wildman–Crippen MR) is 68.7 cm³/mol. The fourth-order valence-corrected chi connectivity index (χ4v) is 1.62. The lowest BCUT2D eigenvalue weighted by Crippen LogP contribution is -2.06. The molecule has 0 saturated carbocycles. The van der Waals surface area contributed by atoms with Crippen molar-refractivity contribution in [3.05, 3.63) is 24.3 Å². The predicted octanol–water partition coefficient (Wildman–Crippen LogP) is 0.872. The van der Waals surface area contributed by atoms with E-state index >= 15 is 0 Å². The van der Waals surface area contributed by atoms with Gasteiger partial charge in [0.25, 0.3) is 0 Å². The molecule has 0 atom stereocenters. The molecule has 0 fully saturated rings. The summed E-state index contributed by atoms with van der Waals surface area (Å²) in [7, 11) is 5.26. The van der Waals surface area contributed by atoms with Crippen LogP contribution in [-0.2, 0) is 13.6 Å². The molecule has 0 spiro atoms. The van der Waals surface area contributed by atoms with Gasteiger partial charge in [-0.15, -0.1) is 0 Å². The summed E-state index contributed by atoms with van der Waals surface area (Å²) in [5.41, 5.74) is 1.07. The van der Waals surface area contributed by atoms with E-state index in [9.17, 15) is 0 Å². The Bertz CT molecular complexity index is 524. The van der Waals surface area contributed by atoms with Crippen LogP contribution in [0.25, 0.3) is 0 Å². The molecule has 0 aromatic carbocycles. The Hall–Kier alpha value is -2.31. The highest BCUT2D eigenvalue weighted by Gasteiger charge is 2.10. The number of ether oxygens (including phenoxy) is 1. The van der Waals surface area contributed by atoms with Gasteiger partial charge in [0.15, 0.2) is 11.6 Å². The maximum Gasteiger partial charge on any atom is 0.204 e. The van der Waals surface area contributed by atoms with Crippen LogP contribution in [0, 0.1) is 0 Å². The summed E-state index contributed by atoms with van der Waals surface area (Å²) in [5.74, 6) is 1.91. The normalized spacial score (nSPS) is 10.2. The number of aryl methyl sites for hydroxylation is 1. The molecule has 96 valence electrons. The van der Waals surface area contributed by atoms with E-state index in [2.05, 4.69) is 25.7 Å². The van der Waals surface area contributed by atoms with Gasteiger partial charge in [-0.25, -0.2) is 9.97 Å². The molecule has 7 nitrogen and oxygen atoms in total. The summed E-state index contributed by atoms with van der Waals surface area (Å²) >= 11 is 0. The van der Waals surface area contributed by atoms with Crippen LogP contribution in [0.1, 0.15) is 5.56 Å². The Kier molecular flexibility index (Phi) is 3.61. The summed E-state index contributed by atoms with van der Waals surface area (Å²) in [6.07, 6.45) is 5.24. The molecular formula is C11H16N6O. The standard InChI is InChI=1S/C11H16N6O/c1-12-10-9(18-3)11(15-7-14-10)13-4-8-5-16-17(2)6-8/h5-7H,4H2,1-3H3,(H2,12,13,14,15). The van der Waals surface area contributed by atoms with Crippen molar-refractivity contribution in [1.29, 1.82) is 0 Å². The van der Waals surface area contributed by atoms with Crippen LogP contribution in [0.3, 0.4) is 0 Å². The zero-order chi connectivity index (χ0) is 13.0. The highest BCUT2D eigenvalue weighted by Crippen LogP contribution is 2.28. The number of rotatable bonds is 5. The molecule has 2 aromatic rings. The molecule has 0 aliphatic heterocycles. The smallest absolute Gasteiger partial charge is 0.204 e. The van der Waals surface area contributed by atoms with E-state index in [-0.39, 0.29) is 0 Å². The number of nitrogens with zero attached hydrogens (tertiary/aromatic N) is 4. The molecule has 0 bridgehead atoms. The molecule has 0 amide bonds. The van der Waals surface area contributed by atoms with Crippen LogP contribution >= 0.6 is 0 Å². The minimum absolute atomic E-state index is 0.601. The van der Waals surface area contributed by atoms with Crippen molar-refractivity contribution >= 4 is 11.6 Å². The van der Waals surface area contributed by atoms with Crippen molar-refractivity contribution < 1.29 is 4.74 Å². The third-order valence-corrected chi connectivity index (χ3v) is 2.46. The highest BCUT2D eigenvalue weighted by molar-refractivity contribution is 5.63. The van der Waals surface area contributed by atoms with Gasteiger partial charge < -0.3 is 15.4 Å². The lowest BCUT2D eigenvalue weighted by atomic mass is 10.3. The lowest BCUT2D eigenvalue weighted by Gasteiger charge is -2.11. The lowest BCUT2D eigenvalue weighted by molar-refractivity contribution is 0.415. The summed E-state index contributed by atoms with van der Waals surface area (Å²) in [4.78, 5) is 8.25. The van der Waals surface area contributed by atoms with Crippen LogP contribution in [0.4, 0.5) is 11.6 Å². The molecule has 2 heterocycles. The fraction of sp³-hybridized carbons (Fsp3) is 0.364. The second-order valence-electron chi connectivity index (χ2n) is 3.73. The molecule has 0 aliphatic carbocycles. The van der Waals surface area contributed by atoms with Gasteiger partial charge in [-0.2, -0.15) is 5.10 Å². The Morgan fingerprint density at radius 3 is 2.72 bits per heavy atom. The molecule has 0 saturated heterocycles. The zero-order valence-electron chi connectivity index (χ0n) is 10.6. The van der Waals surface area contributed by atoms with E-state index in [1.165, 1.54) is 6.33 Å². The molecule has 0 aliphatic rings. The number of nitrogens with one attached hydrogen (secondary N) is 2. The first-order chi connectivity index (χ1) is 8.74. The van der Waals surface area contributed by atoms with E-state index in [1.807, 2.05) is 13.2 Å². The number of anilines is 2. The first kappa shape index (κ1) is 12.2. The largest absolute Gasteiger partial charge is 0.490 e. The van der Waals surface area contributed by atoms with Gasteiger partial charge in [0.2, 0.25) is 5.75 Å². The summed E-state index contributed by atoms with van der Waals surface area (Å²) in [5, 5.41) is 10.3. The van der Waals surface area contributed by atoms with Crippen LogP contribution in [0.15, 0.2) is 18.7 Å². The Morgan fingerprint density at radius 1 is 1.33 bits per heavy atom. The van der Waals surface area contributed by atoms with Crippen molar-refractivity contribution in [2.75, 3.05) is 24.8 Å². The molecule has 2 N–H and O–H groups in total. The van der Waals surface area contributed by atoms with E-state index in [1.54, 1.807) is 25.0 Å². The third kappa shape index (κ3) is 2.50. The quantitative estimate of drug-likeness (QED) is 0.817. The van der Waals surface area contributed by atoms with E-state index in [0.29, 0.717) is 23.9 Å². The molecule has 0 unspecified atom stereocenters. The third-order valence-electron chi connectivity index (χ3n) is 2.46. The van der Waals surface area contributed by atoms with Gasteiger partial charge in [-0.1, -0.05) is 0 Å².